The standard InChI is InChI=1S/C20H20ClN3O2S2/c1-26-17-6-3-13(21)11-15(17)19(25)23-7-9-24(10-8-23)20-22-16-5-4-14(27-2)12-18(16)28-20/h3-6,11-12H,7-10H2,1-2H3. The highest BCUT2D eigenvalue weighted by Crippen LogP contribution is 2.32. The summed E-state index contributed by atoms with van der Waals surface area (Å²) in [6.45, 7) is 2.79. The number of aromatic nitrogens is 1. The lowest BCUT2D eigenvalue weighted by Crippen LogP contribution is -2.48. The lowest BCUT2D eigenvalue weighted by atomic mass is 10.1. The Hall–Kier alpha value is -1.96. The van der Waals surface area contributed by atoms with Crippen LogP contribution in [0.5, 0.6) is 5.75 Å². The Morgan fingerprint density at radius 1 is 1.18 bits per heavy atom. The number of fused-ring (bicyclic) bond motifs is 1. The van der Waals surface area contributed by atoms with Gasteiger partial charge in [-0.1, -0.05) is 22.9 Å². The second-order valence-electron chi connectivity index (χ2n) is 6.45. The topological polar surface area (TPSA) is 45.7 Å². The van der Waals surface area contributed by atoms with Crippen LogP contribution in [0.15, 0.2) is 41.3 Å². The Bertz CT molecular complexity index is 1020. The number of anilines is 1. The minimum absolute atomic E-state index is 0.0482. The number of thioether (sulfide) groups is 1. The zero-order chi connectivity index (χ0) is 19.7. The van der Waals surface area contributed by atoms with Gasteiger partial charge in [0.15, 0.2) is 5.13 Å². The average Bonchev–Trinajstić information content (AvgIpc) is 3.16. The van der Waals surface area contributed by atoms with Crippen LogP contribution < -0.4 is 9.64 Å². The summed E-state index contributed by atoms with van der Waals surface area (Å²) in [6, 6.07) is 11.5. The first kappa shape index (κ1) is 19.4. The molecule has 1 saturated heterocycles. The van der Waals surface area contributed by atoms with Crippen LogP contribution >= 0.6 is 34.7 Å². The van der Waals surface area contributed by atoms with E-state index in [0.717, 1.165) is 23.7 Å². The molecule has 1 aliphatic rings. The molecule has 0 bridgehead atoms. The number of carbonyl (C=O) groups excluding carboxylic acids is 1. The predicted molar refractivity (Wildman–Crippen MR) is 118 cm³/mol. The lowest BCUT2D eigenvalue weighted by molar-refractivity contribution is 0.0743. The van der Waals surface area contributed by atoms with Crippen molar-refractivity contribution in [1.82, 2.24) is 9.88 Å². The first-order valence-electron chi connectivity index (χ1n) is 8.91. The highest BCUT2D eigenvalue weighted by molar-refractivity contribution is 7.98. The molecule has 2 aromatic carbocycles. The number of amides is 1. The molecule has 0 unspecified atom stereocenters. The summed E-state index contributed by atoms with van der Waals surface area (Å²) in [4.78, 5) is 23.1. The molecule has 0 radical (unpaired) electrons. The average molecular weight is 434 g/mol. The summed E-state index contributed by atoms with van der Waals surface area (Å²) in [5.41, 5.74) is 1.54. The first-order valence-corrected chi connectivity index (χ1v) is 11.3. The maximum atomic E-state index is 12.9. The van der Waals surface area contributed by atoms with Gasteiger partial charge in [-0.2, -0.15) is 0 Å². The Morgan fingerprint density at radius 3 is 2.68 bits per heavy atom. The van der Waals surface area contributed by atoms with E-state index >= 15 is 0 Å². The second-order valence-corrected chi connectivity index (χ2v) is 8.78. The Labute approximate surface area is 177 Å². The monoisotopic (exact) mass is 433 g/mol. The van der Waals surface area contributed by atoms with E-state index in [2.05, 4.69) is 29.4 Å². The molecule has 0 saturated carbocycles. The third kappa shape index (κ3) is 3.79. The zero-order valence-corrected chi connectivity index (χ0v) is 18.0. The van der Waals surface area contributed by atoms with Crippen LogP contribution in [-0.2, 0) is 0 Å². The van der Waals surface area contributed by atoms with Gasteiger partial charge in [0.05, 0.1) is 22.9 Å². The van der Waals surface area contributed by atoms with Crippen molar-refractivity contribution in [2.24, 2.45) is 0 Å². The van der Waals surface area contributed by atoms with Crippen molar-refractivity contribution in [2.45, 2.75) is 4.90 Å². The fourth-order valence-corrected chi connectivity index (χ4v) is 5.02. The molecule has 1 aromatic heterocycles. The maximum Gasteiger partial charge on any atom is 0.257 e. The van der Waals surface area contributed by atoms with E-state index in [1.165, 1.54) is 9.60 Å². The molecule has 28 heavy (non-hydrogen) atoms. The van der Waals surface area contributed by atoms with Crippen LogP contribution in [0.3, 0.4) is 0 Å². The van der Waals surface area contributed by atoms with Crippen LogP contribution in [0.1, 0.15) is 10.4 Å². The predicted octanol–water partition coefficient (Wildman–Crippen LogP) is 4.64. The Balaban J connectivity index is 1.47. The van der Waals surface area contributed by atoms with Crippen LogP contribution in [-0.4, -0.2) is 55.3 Å². The molecule has 5 nitrogen and oxygen atoms in total. The van der Waals surface area contributed by atoms with Crippen molar-refractivity contribution < 1.29 is 9.53 Å². The van der Waals surface area contributed by atoms with Crippen LogP contribution in [0.2, 0.25) is 5.02 Å². The fourth-order valence-electron chi connectivity index (χ4n) is 3.27. The smallest absolute Gasteiger partial charge is 0.257 e. The van der Waals surface area contributed by atoms with E-state index in [4.69, 9.17) is 21.3 Å². The molecule has 4 rings (SSSR count). The number of methoxy groups -OCH3 is 1. The van der Waals surface area contributed by atoms with Gasteiger partial charge in [0.2, 0.25) is 0 Å². The first-order chi connectivity index (χ1) is 13.6. The number of piperazine rings is 1. The Morgan fingerprint density at radius 2 is 1.96 bits per heavy atom. The molecule has 146 valence electrons. The van der Waals surface area contributed by atoms with Gasteiger partial charge >= 0.3 is 0 Å². The number of ether oxygens (including phenoxy) is 1. The minimum Gasteiger partial charge on any atom is -0.496 e. The number of hydrogen-bond donors (Lipinski definition) is 0. The summed E-state index contributed by atoms with van der Waals surface area (Å²) in [7, 11) is 1.56. The fraction of sp³-hybridized carbons (Fsp3) is 0.300. The molecular weight excluding hydrogens is 414 g/mol. The van der Waals surface area contributed by atoms with Crippen molar-refractivity contribution in [3.63, 3.8) is 0 Å². The summed E-state index contributed by atoms with van der Waals surface area (Å²) >= 11 is 9.52. The third-order valence-electron chi connectivity index (χ3n) is 4.81. The van der Waals surface area contributed by atoms with Gasteiger partial charge in [0, 0.05) is 36.1 Å². The summed E-state index contributed by atoms with van der Waals surface area (Å²) < 4.78 is 6.53. The SMILES string of the molecule is COc1ccc(Cl)cc1C(=O)N1CCN(c2nc3ccc(SC)cc3s2)CC1. The largest absolute Gasteiger partial charge is 0.496 e. The van der Waals surface area contributed by atoms with Gasteiger partial charge in [0.1, 0.15) is 5.75 Å². The van der Waals surface area contributed by atoms with E-state index in [9.17, 15) is 4.79 Å². The number of halogens is 1. The number of thiazole rings is 1. The molecular formula is C20H20ClN3O2S2. The summed E-state index contributed by atoms with van der Waals surface area (Å²) in [5.74, 6) is 0.500. The van der Waals surface area contributed by atoms with E-state index in [0.29, 0.717) is 29.4 Å². The maximum absolute atomic E-state index is 12.9. The van der Waals surface area contributed by atoms with E-state index in [1.54, 1.807) is 48.4 Å². The molecule has 0 spiro atoms. The molecule has 3 aromatic rings. The van der Waals surface area contributed by atoms with Crippen molar-refractivity contribution in [3.8, 4) is 5.75 Å². The number of benzene rings is 2. The van der Waals surface area contributed by atoms with Crippen molar-refractivity contribution in [2.75, 3.05) is 44.4 Å². The highest BCUT2D eigenvalue weighted by atomic mass is 35.5. The molecule has 2 heterocycles. The molecule has 0 N–H and O–H groups in total. The molecule has 1 aliphatic heterocycles. The number of hydrogen-bond acceptors (Lipinski definition) is 6. The van der Waals surface area contributed by atoms with Crippen LogP contribution in [0.4, 0.5) is 5.13 Å². The van der Waals surface area contributed by atoms with Gasteiger partial charge in [0.25, 0.3) is 5.91 Å². The van der Waals surface area contributed by atoms with E-state index < -0.39 is 0 Å². The van der Waals surface area contributed by atoms with Gasteiger partial charge in [-0.25, -0.2) is 4.98 Å². The van der Waals surface area contributed by atoms with Gasteiger partial charge in [-0.05, 0) is 42.7 Å². The van der Waals surface area contributed by atoms with E-state index in [1.807, 2.05) is 4.90 Å². The van der Waals surface area contributed by atoms with Crippen molar-refractivity contribution >= 4 is 56.0 Å². The third-order valence-corrected chi connectivity index (χ3v) is 6.85. The Kier molecular flexibility index (Phi) is 5.66. The summed E-state index contributed by atoms with van der Waals surface area (Å²) in [6.07, 6.45) is 2.08. The molecule has 1 amide bonds. The van der Waals surface area contributed by atoms with Gasteiger partial charge < -0.3 is 14.5 Å². The summed E-state index contributed by atoms with van der Waals surface area (Å²) in [5, 5.41) is 1.54. The quantitative estimate of drug-likeness (QED) is 0.561. The van der Waals surface area contributed by atoms with Crippen molar-refractivity contribution in [1.29, 1.82) is 0 Å². The van der Waals surface area contributed by atoms with E-state index in [-0.39, 0.29) is 5.91 Å². The number of rotatable bonds is 4. The normalized spacial score (nSPS) is 14.5. The van der Waals surface area contributed by atoms with Gasteiger partial charge in [-0.3, -0.25) is 4.79 Å². The zero-order valence-electron chi connectivity index (χ0n) is 15.6. The highest BCUT2D eigenvalue weighted by Gasteiger charge is 2.26. The number of carbonyl (C=O) groups is 1. The molecule has 0 atom stereocenters. The minimum atomic E-state index is -0.0482. The number of nitrogens with zero attached hydrogens (tertiary/aromatic N) is 3. The van der Waals surface area contributed by atoms with Crippen LogP contribution in [0, 0.1) is 0 Å². The van der Waals surface area contributed by atoms with Crippen molar-refractivity contribution in [3.05, 3.63) is 47.0 Å². The second kappa shape index (κ2) is 8.19. The lowest BCUT2D eigenvalue weighted by Gasteiger charge is -2.34. The molecule has 0 aliphatic carbocycles. The molecule has 8 heteroatoms. The molecule has 1 fully saturated rings. The van der Waals surface area contributed by atoms with Crippen LogP contribution in [0.25, 0.3) is 10.2 Å². The van der Waals surface area contributed by atoms with Gasteiger partial charge in [-0.15, -0.1) is 11.8 Å².